The highest BCUT2D eigenvalue weighted by molar-refractivity contribution is 7.92. The van der Waals surface area contributed by atoms with Gasteiger partial charge in [-0.25, -0.2) is 17.6 Å². The highest BCUT2D eigenvalue weighted by Crippen LogP contribution is 2.26. The van der Waals surface area contributed by atoms with Gasteiger partial charge in [-0.1, -0.05) is 36.4 Å². The Morgan fingerprint density at radius 1 is 1.03 bits per heavy atom. The van der Waals surface area contributed by atoms with Crippen LogP contribution in [0, 0.1) is 12.7 Å². The second-order valence-electron chi connectivity index (χ2n) is 7.90. The molecule has 35 heavy (non-hydrogen) atoms. The molecule has 0 bridgehead atoms. The van der Waals surface area contributed by atoms with E-state index in [1.54, 1.807) is 63.2 Å². The third-order valence-corrected chi connectivity index (χ3v) is 7.45. The minimum atomic E-state index is -3.95. The van der Waals surface area contributed by atoms with E-state index in [0.29, 0.717) is 16.8 Å². The number of rotatable bonds is 9. The summed E-state index contributed by atoms with van der Waals surface area (Å²) in [4.78, 5) is 24.8. The van der Waals surface area contributed by atoms with Gasteiger partial charge in [0, 0.05) is 6.54 Å². The Labute approximate surface area is 204 Å². The van der Waals surface area contributed by atoms with Crippen molar-refractivity contribution in [2.45, 2.75) is 31.7 Å². The van der Waals surface area contributed by atoms with Crippen LogP contribution in [-0.2, 0) is 19.6 Å². The minimum absolute atomic E-state index is 0.0117. The van der Waals surface area contributed by atoms with E-state index in [0.717, 1.165) is 0 Å². The standard InChI is InChI=1S/C26H27FN2O5S/c1-4-29(23-8-6-5-7-9-23)35(32,33)24-16-21(11-10-18(24)2)26(31)34-17-25(30)28-19(3)20-12-14-22(27)15-13-20/h5-16,19H,4,17H2,1-3H3,(H,28,30)/t19-/m0/s1. The number of aryl methyl sites for hydroxylation is 1. The number of hydrogen-bond donors (Lipinski definition) is 1. The van der Waals surface area contributed by atoms with Crippen molar-refractivity contribution in [3.8, 4) is 0 Å². The van der Waals surface area contributed by atoms with Gasteiger partial charge in [0.05, 0.1) is 22.2 Å². The summed E-state index contributed by atoms with van der Waals surface area (Å²) in [5.74, 6) is -1.75. The number of hydrogen-bond acceptors (Lipinski definition) is 5. The molecule has 0 radical (unpaired) electrons. The fraction of sp³-hybridized carbons (Fsp3) is 0.231. The largest absolute Gasteiger partial charge is 0.452 e. The number of esters is 1. The van der Waals surface area contributed by atoms with Crippen LogP contribution in [0.2, 0.25) is 0 Å². The molecule has 3 rings (SSSR count). The molecule has 0 aliphatic heterocycles. The number of para-hydroxylation sites is 1. The van der Waals surface area contributed by atoms with Crippen LogP contribution in [0.4, 0.5) is 10.1 Å². The monoisotopic (exact) mass is 498 g/mol. The van der Waals surface area contributed by atoms with Crippen LogP contribution in [0.1, 0.15) is 41.4 Å². The lowest BCUT2D eigenvalue weighted by atomic mass is 10.1. The second kappa shape index (κ2) is 11.1. The van der Waals surface area contributed by atoms with Crippen LogP contribution in [0.15, 0.2) is 77.7 Å². The Morgan fingerprint density at radius 2 is 1.69 bits per heavy atom. The van der Waals surface area contributed by atoms with Crippen LogP contribution in [0.5, 0.6) is 0 Å². The average Bonchev–Trinajstić information content (AvgIpc) is 2.84. The van der Waals surface area contributed by atoms with Crippen molar-refractivity contribution in [2.75, 3.05) is 17.5 Å². The number of anilines is 1. The van der Waals surface area contributed by atoms with Gasteiger partial charge in [-0.05, 0) is 68.3 Å². The third-order valence-electron chi connectivity index (χ3n) is 5.41. The Balaban J connectivity index is 1.71. The molecule has 0 fully saturated rings. The Bertz CT molecular complexity index is 1300. The number of ether oxygens (including phenoxy) is 1. The quantitative estimate of drug-likeness (QED) is 0.442. The number of nitrogens with zero attached hydrogens (tertiary/aromatic N) is 1. The molecular weight excluding hydrogens is 471 g/mol. The first-order valence-electron chi connectivity index (χ1n) is 11.0. The smallest absolute Gasteiger partial charge is 0.338 e. The molecule has 0 aliphatic rings. The Morgan fingerprint density at radius 3 is 2.31 bits per heavy atom. The van der Waals surface area contributed by atoms with E-state index in [1.807, 2.05) is 0 Å². The molecule has 3 aromatic carbocycles. The molecule has 9 heteroatoms. The fourth-order valence-electron chi connectivity index (χ4n) is 3.54. The van der Waals surface area contributed by atoms with Crippen molar-refractivity contribution >= 4 is 27.6 Å². The van der Waals surface area contributed by atoms with Gasteiger partial charge in [0.25, 0.3) is 15.9 Å². The van der Waals surface area contributed by atoms with Crippen molar-refractivity contribution in [3.05, 3.63) is 95.3 Å². The molecule has 184 valence electrons. The Hall–Kier alpha value is -3.72. The molecular formula is C26H27FN2O5S. The predicted molar refractivity (Wildman–Crippen MR) is 131 cm³/mol. The lowest BCUT2D eigenvalue weighted by molar-refractivity contribution is -0.124. The second-order valence-corrected chi connectivity index (χ2v) is 9.73. The third kappa shape index (κ3) is 6.24. The summed E-state index contributed by atoms with van der Waals surface area (Å²) >= 11 is 0. The molecule has 1 amide bonds. The number of benzene rings is 3. The van der Waals surface area contributed by atoms with Crippen LogP contribution in [0.3, 0.4) is 0 Å². The lowest BCUT2D eigenvalue weighted by Crippen LogP contribution is -2.32. The van der Waals surface area contributed by atoms with Gasteiger partial charge in [0.15, 0.2) is 6.61 Å². The summed E-state index contributed by atoms with van der Waals surface area (Å²) in [6, 6.07) is 18.2. The summed E-state index contributed by atoms with van der Waals surface area (Å²) in [7, 11) is -3.95. The lowest BCUT2D eigenvalue weighted by Gasteiger charge is -2.24. The fourth-order valence-corrected chi connectivity index (χ4v) is 5.27. The maximum absolute atomic E-state index is 13.4. The zero-order valence-electron chi connectivity index (χ0n) is 19.7. The summed E-state index contributed by atoms with van der Waals surface area (Å²) in [6.07, 6.45) is 0. The maximum Gasteiger partial charge on any atom is 0.338 e. The van der Waals surface area contributed by atoms with E-state index < -0.39 is 34.5 Å². The zero-order chi connectivity index (χ0) is 25.6. The molecule has 1 N–H and O–H groups in total. The first kappa shape index (κ1) is 25.9. The minimum Gasteiger partial charge on any atom is -0.452 e. The Kier molecular flexibility index (Phi) is 8.24. The van der Waals surface area contributed by atoms with E-state index >= 15 is 0 Å². The van der Waals surface area contributed by atoms with Gasteiger partial charge in [-0.3, -0.25) is 9.10 Å². The molecule has 3 aromatic rings. The first-order valence-corrected chi connectivity index (χ1v) is 12.5. The summed E-state index contributed by atoms with van der Waals surface area (Å²) < 4.78 is 46.2. The van der Waals surface area contributed by atoms with E-state index in [2.05, 4.69) is 5.32 Å². The molecule has 0 unspecified atom stereocenters. The van der Waals surface area contributed by atoms with Gasteiger partial charge >= 0.3 is 5.97 Å². The maximum atomic E-state index is 13.4. The zero-order valence-corrected chi connectivity index (χ0v) is 20.5. The number of nitrogens with one attached hydrogen (secondary N) is 1. The van der Waals surface area contributed by atoms with Crippen molar-refractivity contribution < 1.29 is 27.1 Å². The molecule has 0 saturated carbocycles. The summed E-state index contributed by atoms with van der Waals surface area (Å²) in [5, 5.41) is 2.67. The first-order chi connectivity index (χ1) is 16.6. The van der Waals surface area contributed by atoms with E-state index in [9.17, 15) is 22.4 Å². The van der Waals surface area contributed by atoms with Crippen molar-refractivity contribution in [2.24, 2.45) is 0 Å². The molecule has 0 spiro atoms. The van der Waals surface area contributed by atoms with Crippen LogP contribution in [0.25, 0.3) is 0 Å². The van der Waals surface area contributed by atoms with Gasteiger partial charge in [0.1, 0.15) is 5.82 Å². The molecule has 0 aliphatic carbocycles. The van der Waals surface area contributed by atoms with E-state index in [1.165, 1.54) is 34.6 Å². The van der Waals surface area contributed by atoms with Gasteiger partial charge in [0.2, 0.25) is 0 Å². The molecule has 0 heterocycles. The highest BCUT2D eigenvalue weighted by atomic mass is 32.2. The number of carbonyl (C=O) groups excluding carboxylic acids is 2. The summed E-state index contributed by atoms with van der Waals surface area (Å²) in [5.41, 5.74) is 1.69. The molecule has 1 atom stereocenters. The molecule has 0 aromatic heterocycles. The van der Waals surface area contributed by atoms with Gasteiger partial charge in [-0.15, -0.1) is 0 Å². The SMILES string of the molecule is CCN(c1ccccc1)S(=O)(=O)c1cc(C(=O)OCC(=O)N[C@@H](C)c2ccc(F)cc2)ccc1C. The van der Waals surface area contributed by atoms with Crippen molar-refractivity contribution in [1.29, 1.82) is 0 Å². The highest BCUT2D eigenvalue weighted by Gasteiger charge is 2.26. The van der Waals surface area contributed by atoms with E-state index in [-0.39, 0.29) is 22.8 Å². The predicted octanol–water partition coefficient (Wildman–Crippen LogP) is 4.38. The number of carbonyl (C=O) groups is 2. The normalized spacial score (nSPS) is 12.0. The topological polar surface area (TPSA) is 92.8 Å². The van der Waals surface area contributed by atoms with E-state index in [4.69, 9.17) is 4.74 Å². The van der Waals surface area contributed by atoms with Gasteiger partial charge < -0.3 is 10.1 Å². The number of amides is 1. The van der Waals surface area contributed by atoms with Gasteiger partial charge in [-0.2, -0.15) is 0 Å². The number of sulfonamides is 1. The molecule has 7 nitrogen and oxygen atoms in total. The molecule has 0 saturated heterocycles. The van der Waals surface area contributed by atoms with Crippen molar-refractivity contribution in [3.63, 3.8) is 0 Å². The number of halogens is 1. The average molecular weight is 499 g/mol. The summed E-state index contributed by atoms with van der Waals surface area (Å²) in [6.45, 7) is 4.74. The van der Waals surface area contributed by atoms with Crippen LogP contribution >= 0.6 is 0 Å². The van der Waals surface area contributed by atoms with Crippen molar-refractivity contribution in [1.82, 2.24) is 5.32 Å². The van der Waals surface area contributed by atoms with Crippen LogP contribution in [-0.4, -0.2) is 33.4 Å². The van der Waals surface area contributed by atoms with Crippen LogP contribution < -0.4 is 9.62 Å².